The first-order valence-electron chi connectivity index (χ1n) is 6.00. The third-order valence-electron chi connectivity index (χ3n) is 2.96. The van der Waals surface area contributed by atoms with Gasteiger partial charge in [0.05, 0.1) is 0 Å². The molecule has 2 aromatic rings. The summed E-state index contributed by atoms with van der Waals surface area (Å²) in [6.07, 6.45) is 0. The van der Waals surface area contributed by atoms with Crippen LogP contribution in [-0.2, 0) is 5.75 Å². The van der Waals surface area contributed by atoms with Gasteiger partial charge in [-0.15, -0.1) is 11.8 Å². The minimum atomic E-state index is 0.278. The van der Waals surface area contributed by atoms with E-state index in [1.165, 1.54) is 10.5 Å². The van der Waals surface area contributed by atoms with Gasteiger partial charge in [-0.1, -0.05) is 29.3 Å². The van der Waals surface area contributed by atoms with Gasteiger partial charge in [0.15, 0.2) is 11.5 Å². The van der Waals surface area contributed by atoms with E-state index in [2.05, 4.69) is 31.2 Å². The molecule has 0 unspecified atom stereocenters. The summed E-state index contributed by atoms with van der Waals surface area (Å²) >= 11 is 8.01. The number of benzene rings is 2. The molecule has 4 heteroatoms. The highest BCUT2D eigenvalue weighted by atomic mass is 35.5. The number of fused-ring (bicyclic) bond motifs is 1. The van der Waals surface area contributed by atoms with Gasteiger partial charge in [-0.2, -0.15) is 0 Å². The SMILES string of the molecule is Cc1ccc(SCc2cc3c(cc2Cl)OCO3)cc1. The fraction of sp³-hybridized carbons (Fsp3) is 0.200. The van der Waals surface area contributed by atoms with Crippen LogP contribution >= 0.6 is 23.4 Å². The van der Waals surface area contributed by atoms with Gasteiger partial charge in [-0.3, -0.25) is 0 Å². The summed E-state index contributed by atoms with van der Waals surface area (Å²) in [7, 11) is 0. The molecule has 2 aromatic carbocycles. The van der Waals surface area contributed by atoms with Crippen LogP contribution < -0.4 is 9.47 Å². The molecular formula is C15H13ClO2S. The van der Waals surface area contributed by atoms with Crippen LogP contribution in [0, 0.1) is 6.92 Å². The smallest absolute Gasteiger partial charge is 0.231 e. The van der Waals surface area contributed by atoms with E-state index in [-0.39, 0.29) is 6.79 Å². The average molecular weight is 293 g/mol. The molecule has 0 amide bonds. The number of ether oxygens (including phenoxy) is 2. The molecule has 1 aliphatic rings. The average Bonchev–Trinajstić information content (AvgIpc) is 2.85. The van der Waals surface area contributed by atoms with Crippen molar-refractivity contribution >= 4 is 23.4 Å². The summed E-state index contributed by atoms with van der Waals surface area (Å²) < 4.78 is 10.7. The molecule has 0 radical (unpaired) electrons. The lowest BCUT2D eigenvalue weighted by Gasteiger charge is -2.06. The lowest BCUT2D eigenvalue weighted by Crippen LogP contribution is -1.92. The zero-order chi connectivity index (χ0) is 13.2. The molecular weight excluding hydrogens is 280 g/mol. The summed E-state index contributed by atoms with van der Waals surface area (Å²) in [5.41, 5.74) is 2.34. The van der Waals surface area contributed by atoms with E-state index in [0.717, 1.165) is 27.8 Å². The van der Waals surface area contributed by atoms with Crippen molar-refractivity contribution in [3.8, 4) is 11.5 Å². The van der Waals surface area contributed by atoms with E-state index >= 15 is 0 Å². The first kappa shape index (κ1) is 12.7. The van der Waals surface area contributed by atoms with Crippen molar-refractivity contribution < 1.29 is 9.47 Å². The number of halogens is 1. The standard InChI is InChI=1S/C15H13ClO2S/c1-10-2-4-12(5-3-10)19-8-11-6-14-15(7-13(11)16)18-9-17-14/h2-7H,8-9H2,1H3. The van der Waals surface area contributed by atoms with Crippen LogP contribution in [0.4, 0.5) is 0 Å². The minimum Gasteiger partial charge on any atom is -0.454 e. The highest BCUT2D eigenvalue weighted by molar-refractivity contribution is 7.98. The Morgan fingerprint density at radius 2 is 1.79 bits per heavy atom. The van der Waals surface area contributed by atoms with E-state index in [4.69, 9.17) is 21.1 Å². The number of hydrogen-bond donors (Lipinski definition) is 0. The first-order valence-corrected chi connectivity index (χ1v) is 7.36. The van der Waals surface area contributed by atoms with Crippen LogP contribution in [0.3, 0.4) is 0 Å². The number of hydrogen-bond acceptors (Lipinski definition) is 3. The Balaban J connectivity index is 1.75. The van der Waals surface area contributed by atoms with Gasteiger partial charge in [0.2, 0.25) is 6.79 Å². The van der Waals surface area contributed by atoms with E-state index in [9.17, 15) is 0 Å². The van der Waals surface area contributed by atoms with Crippen LogP contribution in [-0.4, -0.2) is 6.79 Å². The Hall–Kier alpha value is -1.32. The highest BCUT2D eigenvalue weighted by Crippen LogP contribution is 2.38. The summed E-state index contributed by atoms with van der Waals surface area (Å²) in [5, 5.41) is 0.726. The van der Waals surface area contributed by atoms with Crippen LogP contribution in [0.25, 0.3) is 0 Å². The number of aryl methyl sites for hydroxylation is 1. The molecule has 0 atom stereocenters. The summed E-state index contributed by atoms with van der Waals surface area (Å²) in [5.74, 6) is 2.33. The van der Waals surface area contributed by atoms with Gasteiger partial charge < -0.3 is 9.47 Å². The molecule has 19 heavy (non-hydrogen) atoms. The van der Waals surface area contributed by atoms with Crippen LogP contribution in [0.2, 0.25) is 5.02 Å². The molecule has 0 fully saturated rings. The van der Waals surface area contributed by atoms with Crippen LogP contribution in [0.5, 0.6) is 11.5 Å². The quantitative estimate of drug-likeness (QED) is 0.766. The fourth-order valence-corrected chi connectivity index (χ4v) is 3.05. The fourth-order valence-electron chi connectivity index (χ4n) is 1.87. The molecule has 3 rings (SSSR count). The molecule has 98 valence electrons. The van der Waals surface area contributed by atoms with Gasteiger partial charge in [-0.25, -0.2) is 0 Å². The second-order valence-electron chi connectivity index (χ2n) is 4.40. The molecule has 0 N–H and O–H groups in total. The zero-order valence-corrected chi connectivity index (χ0v) is 12.1. The van der Waals surface area contributed by atoms with Gasteiger partial charge in [0, 0.05) is 21.7 Å². The van der Waals surface area contributed by atoms with Crippen molar-refractivity contribution in [3.05, 3.63) is 52.5 Å². The topological polar surface area (TPSA) is 18.5 Å². The van der Waals surface area contributed by atoms with Gasteiger partial charge in [0.25, 0.3) is 0 Å². The van der Waals surface area contributed by atoms with Crippen LogP contribution in [0.1, 0.15) is 11.1 Å². The third-order valence-corrected chi connectivity index (χ3v) is 4.37. The predicted molar refractivity (Wildman–Crippen MR) is 78.3 cm³/mol. The molecule has 0 saturated heterocycles. The Morgan fingerprint density at radius 3 is 2.53 bits per heavy atom. The second-order valence-corrected chi connectivity index (χ2v) is 5.85. The first-order chi connectivity index (χ1) is 9.22. The van der Waals surface area contributed by atoms with Gasteiger partial charge in [0.1, 0.15) is 0 Å². The Morgan fingerprint density at radius 1 is 1.11 bits per heavy atom. The Bertz CT molecular complexity index is 596. The van der Waals surface area contributed by atoms with Crippen LogP contribution in [0.15, 0.2) is 41.3 Å². The molecule has 0 aromatic heterocycles. The summed E-state index contributed by atoms with van der Waals surface area (Å²) in [6.45, 7) is 2.36. The predicted octanol–water partition coefficient (Wildman–Crippen LogP) is 4.67. The Kier molecular flexibility index (Phi) is 3.58. The van der Waals surface area contributed by atoms with Crippen molar-refractivity contribution in [2.24, 2.45) is 0 Å². The molecule has 0 saturated carbocycles. The molecule has 0 bridgehead atoms. The minimum absolute atomic E-state index is 0.278. The Labute approximate surface area is 121 Å². The third kappa shape index (κ3) is 2.82. The van der Waals surface area contributed by atoms with E-state index in [1.807, 2.05) is 12.1 Å². The monoisotopic (exact) mass is 292 g/mol. The van der Waals surface area contributed by atoms with E-state index in [0.29, 0.717) is 0 Å². The molecule has 2 nitrogen and oxygen atoms in total. The highest BCUT2D eigenvalue weighted by Gasteiger charge is 2.16. The summed E-state index contributed by atoms with van der Waals surface area (Å²) in [6, 6.07) is 12.3. The largest absolute Gasteiger partial charge is 0.454 e. The van der Waals surface area contributed by atoms with Gasteiger partial charge in [-0.05, 0) is 30.7 Å². The number of thioether (sulfide) groups is 1. The van der Waals surface area contributed by atoms with Crippen molar-refractivity contribution in [1.82, 2.24) is 0 Å². The molecule has 1 aliphatic heterocycles. The second kappa shape index (κ2) is 5.35. The van der Waals surface area contributed by atoms with Crippen molar-refractivity contribution in [2.75, 3.05) is 6.79 Å². The normalized spacial score (nSPS) is 12.7. The maximum Gasteiger partial charge on any atom is 0.231 e. The molecule has 0 aliphatic carbocycles. The number of rotatable bonds is 3. The molecule has 1 heterocycles. The van der Waals surface area contributed by atoms with E-state index < -0.39 is 0 Å². The maximum atomic E-state index is 6.25. The maximum absolute atomic E-state index is 6.25. The van der Waals surface area contributed by atoms with Crippen molar-refractivity contribution in [2.45, 2.75) is 17.6 Å². The lowest BCUT2D eigenvalue weighted by molar-refractivity contribution is 0.174. The van der Waals surface area contributed by atoms with E-state index in [1.54, 1.807) is 11.8 Å². The van der Waals surface area contributed by atoms with Crippen molar-refractivity contribution in [1.29, 1.82) is 0 Å². The molecule has 0 spiro atoms. The lowest BCUT2D eigenvalue weighted by atomic mass is 10.2. The van der Waals surface area contributed by atoms with Gasteiger partial charge >= 0.3 is 0 Å². The van der Waals surface area contributed by atoms with Crippen molar-refractivity contribution in [3.63, 3.8) is 0 Å². The summed E-state index contributed by atoms with van der Waals surface area (Å²) in [4.78, 5) is 1.24. The zero-order valence-electron chi connectivity index (χ0n) is 10.5.